The van der Waals surface area contributed by atoms with Crippen molar-refractivity contribution in [1.29, 1.82) is 0 Å². The van der Waals surface area contributed by atoms with Crippen LogP contribution in [0.3, 0.4) is 0 Å². The molecule has 5 rings (SSSR count). The molecule has 2 aliphatic rings. The first kappa shape index (κ1) is 24.5. The van der Waals surface area contributed by atoms with Crippen LogP contribution in [0.15, 0.2) is 52.3 Å². The molecule has 9 heteroatoms. The Morgan fingerprint density at radius 2 is 1.92 bits per heavy atom. The van der Waals surface area contributed by atoms with Gasteiger partial charge in [-0.2, -0.15) is 0 Å². The Hall–Kier alpha value is -3.17. The number of fused-ring (bicyclic) bond motifs is 1. The van der Waals surface area contributed by atoms with Gasteiger partial charge in [0.2, 0.25) is 0 Å². The number of pyridine rings is 1. The van der Waals surface area contributed by atoms with Gasteiger partial charge < -0.3 is 10.1 Å². The number of thiocarbonyl (C=S) groups is 1. The molecule has 1 N–H and O–H groups in total. The van der Waals surface area contributed by atoms with E-state index in [0.29, 0.717) is 32.8 Å². The van der Waals surface area contributed by atoms with Crippen LogP contribution in [0.1, 0.15) is 48.8 Å². The quantitative estimate of drug-likeness (QED) is 0.356. The molecule has 3 aromatic rings. The number of carbonyl (C=O) groups is 1. The van der Waals surface area contributed by atoms with Gasteiger partial charge in [-0.25, -0.2) is 4.98 Å². The van der Waals surface area contributed by atoms with Crippen LogP contribution in [0.25, 0.3) is 11.7 Å². The summed E-state index contributed by atoms with van der Waals surface area (Å²) < 4.78 is 7.23. The predicted octanol–water partition coefficient (Wildman–Crippen LogP) is 5.16. The Balaban J connectivity index is 1.51. The average molecular weight is 521 g/mol. The summed E-state index contributed by atoms with van der Waals surface area (Å²) in [6, 6.07) is 11.6. The highest BCUT2D eigenvalue weighted by Crippen LogP contribution is 2.34. The maximum Gasteiger partial charge on any atom is 0.267 e. The molecule has 0 spiro atoms. The highest BCUT2D eigenvalue weighted by atomic mass is 32.2. The van der Waals surface area contributed by atoms with Crippen molar-refractivity contribution in [2.24, 2.45) is 0 Å². The molecule has 1 amide bonds. The van der Waals surface area contributed by atoms with Crippen molar-refractivity contribution in [3.8, 4) is 5.75 Å². The fourth-order valence-electron chi connectivity index (χ4n) is 4.67. The van der Waals surface area contributed by atoms with Gasteiger partial charge in [-0.15, -0.1) is 0 Å². The van der Waals surface area contributed by atoms with Crippen molar-refractivity contribution in [2.45, 2.75) is 51.6 Å². The van der Waals surface area contributed by atoms with Crippen LogP contribution in [-0.4, -0.2) is 37.7 Å². The minimum atomic E-state index is -0.210. The normalized spacial score (nSPS) is 17.8. The maximum absolute atomic E-state index is 13.6. The summed E-state index contributed by atoms with van der Waals surface area (Å²) in [7, 11) is 1.62. The van der Waals surface area contributed by atoms with Crippen molar-refractivity contribution in [3.63, 3.8) is 0 Å². The first-order valence-corrected chi connectivity index (χ1v) is 13.3. The Bertz CT molecular complexity index is 1410. The highest BCUT2D eigenvalue weighted by molar-refractivity contribution is 8.26. The van der Waals surface area contributed by atoms with E-state index in [1.807, 2.05) is 43.3 Å². The van der Waals surface area contributed by atoms with E-state index in [-0.39, 0.29) is 17.5 Å². The second-order valence-electron chi connectivity index (χ2n) is 9.16. The number of thioether (sulfide) groups is 1. The molecule has 7 nitrogen and oxygen atoms in total. The summed E-state index contributed by atoms with van der Waals surface area (Å²) in [5.41, 5.74) is 2.65. The van der Waals surface area contributed by atoms with E-state index in [1.165, 1.54) is 18.2 Å². The maximum atomic E-state index is 13.6. The molecule has 1 saturated heterocycles. The number of nitrogens with zero attached hydrogens (tertiary/aromatic N) is 3. The fourth-order valence-corrected chi connectivity index (χ4v) is 5.91. The number of rotatable bonds is 6. The molecule has 2 aromatic heterocycles. The lowest BCUT2D eigenvalue weighted by atomic mass is 9.95. The van der Waals surface area contributed by atoms with Crippen LogP contribution < -0.4 is 15.6 Å². The summed E-state index contributed by atoms with van der Waals surface area (Å²) in [5.74, 6) is 1.07. The van der Waals surface area contributed by atoms with Gasteiger partial charge in [0, 0.05) is 12.2 Å². The average Bonchev–Trinajstić information content (AvgIpc) is 3.15. The molecule has 186 valence electrons. The van der Waals surface area contributed by atoms with E-state index in [1.54, 1.807) is 28.7 Å². The monoisotopic (exact) mass is 520 g/mol. The lowest BCUT2D eigenvalue weighted by Crippen LogP contribution is -2.28. The van der Waals surface area contributed by atoms with Crippen molar-refractivity contribution >= 4 is 51.7 Å². The molecule has 1 aliphatic heterocycles. The van der Waals surface area contributed by atoms with Gasteiger partial charge >= 0.3 is 0 Å². The third kappa shape index (κ3) is 4.90. The van der Waals surface area contributed by atoms with Gasteiger partial charge in [-0.1, -0.05) is 61.4 Å². The van der Waals surface area contributed by atoms with Crippen molar-refractivity contribution < 1.29 is 9.53 Å². The van der Waals surface area contributed by atoms with Gasteiger partial charge in [0.25, 0.3) is 11.5 Å². The molecule has 1 aromatic carbocycles. The number of hydrogen-bond donors (Lipinski definition) is 1. The first-order chi connectivity index (χ1) is 17.4. The Labute approximate surface area is 219 Å². The van der Waals surface area contributed by atoms with Gasteiger partial charge in [0.05, 0.1) is 24.1 Å². The summed E-state index contributed by atoms with van der Waals surface area (Å²) in [4.78, 5) is 33.8. The minimum Gasteiger partial charge on any atom is -0.497 e. The smallest absolute Gasteiger partial charge is 0.267 e. The second kappa shape index (κ2) is 10.4. The van der Waals surface area contributed by atoms with Crippen LogP contribution in [0, 0.1) is 6.92 Å². The summed E-state index contributed by atoms with van der Waals surface area (Å²) in [5, 5.41) is 3.52. The zero-order valence-corrected chi connectivity index (χ0v) is 22.0. The van der Waals surface area contributed by atoms with Crippen molar-refractivity contribution in [2.75, 3.05) is 12.4 Å². The van der Waals surface area contributed by atoms with Crippen molar-refractivity contribution in [1.82, 2.24) is 14.3 Å². The van der Waals surface area contributed by atoms with Gasteiger partial charge in [0.15, 0.2) is 0 Å². The molecular formula is C27H28N4O3S2. The Morgan fingerprint density at radius 1 is 1.17 bits per heavy atom. The van der Waals surface area contributed by atoms with E-state index >= 15 is 0 Å². The molecule has 1 aliphatic carbocycles. The number of methoxy groups -OCH3 is 1. The molecule has 0 radical (unpaired) electrons. The molecule has 0 unspecified atom stereocenters. The van der Waals surface area contributed by atoms with Crippen LogP contribution in [-0.2, 0) is 11.3 Å². The van der Waals surface area contributed by atoms with Gasteiger partial charge in [0.1, 0.15) is 21.5 Å². The number of ether oxygens (including phenoxy) is 1. The molecular weight excluding hydrogens is 492 g/mol. The predicted molar refractivity (Wildman–Crippen MR) is 148 cm³/mol. The Kier molecular flexibility index (Phi) is 7.11. The Morgan fingerprint density at radius 3 is 2.64 bits per heavy atom. The third-order valence-electron chi connectivity index (χ3n) is 6.68. The first-order valence-electron chi connectivity index (χ1n) is 12.1. The molecule has 3 heterocycles. The van der Waals surface area contributed by atoms with Crippen molar-refractivity contribution in [3.05, 3.63) is 74.5 Å². The second-order valence-corrected chi connectivity index (χ2v) is 10.8. The standard InChI is InChI=1S/C27H28N4O3S2/c1-17-7-6-14-30-24(17)29-23(28-19-8-4-3-5-9-19)21(25(30)32)15-22-26(33)31(27(35)36-22)16-18-10-12-20(34-2)13-11-18/h6-7,10-15,19,28H,3-5,8-9,16H2,1-2H3. The highest BCUT2D eigenvalue weighted by Gasteiger charge is 2.33. The lowest BCUT2D eigenvalue weighted by Gasteiger charge is -2.24. The number of nitrogens with one attached hydrogen (secondary N) is 1. The van der Waals surface area contributed by atoms with Crippen LogP contribution in [0.2, 0.25) is 0 Å². The number of benzene rings is 1. The molecule has 2 fully saturated rings. The number of aromatic nitrogens is 2. The number of hydrogen-bond acceptors (Lipinski definition) is 7. The number of carbonyl (C=O) groups excluding carboxylic acids is 1. The van der Waals surface area contributed by atoms with Gasteiger partial charge in [-0.05, 0) is 55.2 Å². The topological polar surface area (TPSA) is 75.9 Å². The van der Waals surface area contributed by atoms with E-state index in [2.05, 4.69) is 5.32 Å². The molecule has 0 atom stereocenters. The summed E-state index contributed by atoms with van der Waals surface area (Å²) >= 11 is 6.75. The summed E-state index contributed by atoms with van der Waals surface area (Å²) in [6.45, 7) is 2.30. The van der Waals surface area contributed by atoms with E-state index < -0.39 is 0 Å². The molecule has 36 heavy (non-hydrogen) atoms. The third-order valence-corrected chi connectivity index (χ3v) is 8.06. The fraction of sp³-hybridized carbons (Fsp3) is 0.333. The zero-order chi connectivity index (χ0) is 25.2. The molecule has 0 bridgehead atoms. The van der Waals surface area contributed by atoms with Crippen LogP contribution in [0.4, 0.5) is 5.82 Å². The zero-order valence-electron chi connectivity index (χ0n) is 20.3. The minimum absolute atomic E-state index is 0.206. The van der Waals surface area contributed by atoms with Crippen LogP contribution >= 0.6 is 24.0 Å². The van der Waals surface area contributed by atoms with Crippen LogP contribution in [0.5, 0.6) is 5.75 Å². The molecule has 1 saturated carbocycles. The van der Waals surface area contributed by atoms with E-state index in [0.717, 1.165) is 42.6 Å². The summed E-state index contributed by atoms with van der Waals surface area (Å²) in [6.07, 6.45) is 8.99. The van der Waals surface area contributed by atoms with Gasteiger partial charge in [-0.3, -0.25) is 18.9 Å². The number of aryl methyl sites for hydroxylation is 1. The number of amides is 1. The number of anilines is 1. The van der Waals surface area contributed by atoms with E-state index in [4.69, 9.17) is 21.9 Å². The lowest BCUT2D eigenvalue weighted by molar-refractivity contribution is -0.122. The SMILES string of the molecule is COc1ccc(CN2C(=O)C(=Cc3c(NC4CCCCC4)nc4c(C)cccn4c3=O)SC2=S)cc1. The largest absolute Gasteiger partial charge is 0.497 e. The van der Waals surface area contributed by atoms with E-state index in [9.17, 15) is 9.59 Å².